The monoisotopic (exact) mass is 345 g/mol. The van der Waals surface area contributed by atoms with E-state index in [-0.39, 0.29) is 12.3 Å². The van der Waals surface area contributed by atoms with Gasteiger partial charge in [0.25, 0.3) is 0 Å². The largest absolute Gasteiger partial charge is 0.508 e. The number of nitrogens with one attached hydrogen (secondary N) is 1. The van der Waals surface area contributed by atoms with E-state index in [9.17, 15) is 9.90 Å². The predicted octanol–water partition coefficient (Wildman–Crippen LogP) is 5.00. The fraction of sp³-hybridized carbons (Fsp3) is 0.0455. The summed E-state index contributed by atoms with van der Waals surface area (Å²) in [6.07, 6.45) is 2.96. The molecule has 4 nitrogen and oxygen atoms in total. The van der Waals surface area contributed by atoms with Gasteiger partial charge < -0.3 is 15.5 Å². The van der Waals surface area contributed by atoms with Gasteiger partial charge in [0.15, 0.2) is 0 Å². The van der Waals surface area contributed by atoms with Gasteiger partial charge in [0.2, 0.25) is 0 Å². The Labute approximate surface area is 152 Å². The van der Waals surface area contributed by atoms with Crippen LogP contribution in [0.5, 0.6) is 5.75 Å². The smallest absolute Gasteiger partial charge is 0.404 e. The van der Waals surface area contributed by atoms with Crippen molar-refractivity contribution in [3.63, 3.8) is 0 Å². The zero-order valence-electron chi connectivity index (χ0n) is 14.1. The van der Waals surface area contributed by atoms with E-state index < -0.39 is 6.09 Å². The van der Waals surface area contributed by atoms with E-state index in [0.717, 1.165) is 27.8 Å². The average molecular weight is 345 g/mol. The predicted molar refractivity (Wildman–Crippen MR) is 104 cm³/mol. The van der Waals surface area contributed by atoms with Crippen LogP contribution in [0.3, 0.4) is 0 Å². The lowest BCUT2D eigenvalue weighted by Gasteiger charge is -2.12. The van der Waals surface area contributed by atoms with Gasteiger partial charge in [-0.3, -0.25) is 0 Å². The normalized spacial score (nSPS) is 10.8. The lowest BCUT2D eigenvalue weighted by atomic mass is 9.95. The van der Waals surface area contributed by atoms with Crippen LogP contribution in [0.1, 0.15) is 16.7 Å². The molecule has 4 heteroatoms. The van der Waals surface area contributed by atoms with Crippen LogP contribution < -0.4 is 5.32 Å². The Kier molecular flexibility index (Phi) is 5.34. The summed E-state index contributed by atoms with van der Waals surface area (Å²) in [5.74, 6) is 0.238. The molecule has 0 heterocycles. The van der Waals surface area contributed by atoms with E-state index in [1.807, 2.05) is 72.8 Å². The maximum absolute atomic E-state index is 10.8. The van der Waals surface area contributed by atoms with Gasteiger partial charge in [-0.1, -0.05) is 72.8 Å². The van der Waals surface area contributed by atoms with Gasteiger partial charge in [-0.25, -0.2) is 4.79 Å². The van der Waals surface area contributed by atoms with Crippen LogP contribution in [0.15, 0.2) is 72.8 Å². The Morgan fingerprint density at radius 1 is 0.846 bits per heavy atom. The van der Waals surface area contributed by atoms with Crippen LogP contribution in [-0.2, 0) is 6.54 Å². The first-order valence-electron chi connectivity index (χ1n) is 8.25. The molecule has 130 valence electrons. The van der Waals surface area contributed by atoms with Crippen LogP contribution in [0.4, 0.5) is 4.79 Å². The third-order valence-electron chi connectivity index (χ3n) is 4.05. The number of hydrogen-bond donors (Lipinski definition) is 3. The number of benzene rings is 3. The Bertz CT molecular complexity index is 930. The Morgan fingerprint density at radius 2 is 1.50 bits per heavy atom. The van der Waals surface area contributed by atoms with Crippen molar-refractivity contribution >= 4 is 18.2 Å². The van der Waals surface area contributed by atoms with Crippen molar-refractivity contribution in [3.05, 3.63) is 89.5 Å². The molecule has 0 spiro atoms. The van der Waals surface area contributed by atoms with Crippen LogP contribution in [0, 0.1) is 0 Å². The van der Waals surface area contributed by atoms with Crippen molar-refractivity contribution in [2.75, 3.05) is 0 Å². The van der Waals surface area contributed by atoms with Gasteiger partial charge in [0.1, 0.15) is 5.75 Å². The van der Waals surface area contributed by atoms with Gasteiger partial charge in [-0.15, -0.1) is 0 Å². The van der Waals surface area contributed by atoms with E-state index in [0.29, 0.717) is 0 Å². The van der Waals surface area contributed by atoms with E-state index in [1.54, 1.807) is 12.1 Å². The molecule has 0 atom stereocenters. The number of aromatic hydroxyl groups is 1. The summed E-state index contributed by atoms with van der Waals surface area (Å²) in [6.45, 7) is 0.252. The van der Waals surface area contributed by atoms with E-state index >= 15 is 0 Å². The first-order valence-corrected chi connectivity index (χ1v) is 8.25. The third kappa shape index (κ3) is 4.30. The van der Waals surface area contributed by atoms with E-state index in [2.05, 4.69) is 5.32 Å². The topological polar surface area (TPSA) is 69.6 Å². The van der Waals surface area contributed by atoms with Gasteiger partial charge >= 0.3 is 6.09 Å². The highest BCUT2D eigenvalue weighted by atomic mass is 16.4. The number of carbonyl (C=O) groups is 1. The van der Waals surface area contributed by atoms with Crippen LogP contribution >= 0.6 is 0 Å². The van der Waals surface area contributed by atoms with Crippen LogP contribution in [0.25, 0.3) is 23.3 Å². The SMILES string of the molecule is O=C(O)NCc1ccccc1-c1ccccc1C=Cc1ccc(O)cc1. The van der Waals surface area contributed by atoms with Gasteiger partial charge in [-0.05, 0) is 39.9 Å². The second-order valence-corrected chi connectivity index (χ2v) is 5.83. The minimum atomic E-state index is -1.04. The molecule has 0 aliphatic carbocycles. The zero-order valence-corrected chi connectivity index (χ0v) is 14.1. The highest BCUT2D eigenvalue weighted by Crippen LogP contribution is 2.28. The molecule has 3 aromatic rings. The zero-order chi connectivity index (χ0) is 18.4. The molecule has 0 fully saturated rings. The molecule has 0 bridgehead atoms. The summed E-state index contributed by atoms with van der Waals surface area (Å²) in [5.41, 5.74) is 4.96. The first-order chi connectivity index (χ1) is 12.6. The van der Waals surface area contributed by atoms with Crippen LogP contribution in [-0.4, -0.2) is 16.3 Å². The van der Waals surface area contributed by atoms with Crippen molar-refractivity contribution < 1.29 is 15.0 Å². The minimum absolute atomic E-state index is 0.238. The summed E-state index contributed by atoms with van der Waals surface area (Å²) < 4.78 is 0. The summed E-state index contributed by atoms with van der Waals surface area (Å²) in [4.78, 5) is 10.8. The average Bonchev–Trinajstić information content (AvgIpc) is 2.66. The van der Waals surface area contributed by atoms with E-state index in [4.69, 9.17) is 5.11 Å². The van der Waals surface area contributed by atoms with E-state index in [1.165, 1.54) is 0 Å². The molecule has 3 rings (SSSR count). The quantitative estimate of drug-likeness (QED) is 0.570. The number of rotatable bonds is 5. The number of phenols is 1. The lowest BCUT2D eigenvalue weighted by Crippen LogP contribution is -2.20. The fourth-order valence-corrected chi connectivity index (χ4v) is 2.77. The summed E-state index contributed by atoms with van der Waals surface area (Å²) >= 11 is 0. The minimum Gasteiger partial charge on any atom is -0.508 e. The number of amides is 1. The molecule has 0 unspecified atom stereocenters. The Balaban J connectivity index is 1.95. The first kappa shape index (κ1) is 17.3. The number of hydrogen-bond acceptors (Lipinski definition) is 2. The summed E-state index contributed by atoms with van der Waals surface area (Å²) in [5, 5.41) is 20.7. The molecular formula is C22H19NO3. The Hall–Kier alpha value is -3.53. The van der Waals surface area contributed by atoms with Crippen molar-refractivity contribution in [1.29, 1.82) is 0 Å². The molecule has 3 aromatic carbocycles. The molecule has 0 saturated carbocycles. The lowest BCUT2D eigenvalue weighted by molar-refractivity contribution is 0.194. The maximum atomic E-state index is 10.8. The highest BCUT2D eigenvalue weighted by Gasteiger charge is 2.08. The molecular weight excluding hydrogens is 326 g/mol. The van der Waals surface area contributed by atoms with Gasteiger partial charge in [0.05, 0.1) is 0 Å². The van der Waals surface area contributed by atoms with Crippen molar-refractivity contribution in [1.82, 2.24) is 5.32 Å². The van der Waals surface area contributed by atoms with Crippen LogP contribution in [0.2, 0.25) is 0 Å². The van der Waals surface area contributed by atoms with Gasteiger partial charge in [-0.2, -0.15) is 0 Å². The molecule has 0 radical (unpaired) electrons. The summed E-state index contributed by atoms with van der Waals surface area (Å²) in [7, 11) is 0. The standard InChI is InChI=1S/C22H19NO3/c24-19-13-10-16(11-14-19)9-12-17-5-1-3-7-20(17)21-8-4-2-6-18(21)15-23-22(25)26/h1-14,23-24H,15H2,(H,25,26). The number of phenolic OH excluding ortho intramolecular Hbond substituents is 1. The molecule has 0 aromatic heterocycles. The third-order valence-corrected chi connectivity index (χ3v) is 4.05. The molecule has 3 N–H and O–H groups in total. The maximum Gasteiger partial charge on any atom is 0.404 e. The van der Waals surface area contributed by atoms with Crippen molar-refractivity contribution in [3.8, 4) is 16.9 Å². The van der Waals surface area contributed by atoms with Crippen molar-refractivity contribution in [2.24, 2.45) is 0 Å². The second kappa shape index (κ2) is 8.03. The van der Waals surface area contributed by atoms with Crippen molar-refractivity contribution in [2.45, 2.75) is 6.54 Å². The molecule has 0 aliphatic rings. The fourth-order valence-electron chi connectivity index (χ4n) is 2.77. The molecule has 0 saturated heterocycles. The van der Waals surface area contributed by atoms with Gasteiger partial charge in [0, 0.05) is 6.54 Å². The summed E-state index contributed by atoms with van der Waals surface area (Å²) in [6, 6.07) is 22.7. The molecule has 1 amide bonds. The Morgan fingerprint density at radius 3 is 2.23 bits per heavy atom. The molecule has 0 aliphatic heterocycles. The molecule has 26 heavy (non-hydrogen) atoms. The number of carboxylic acid groups (broad SMARTS) is 1. The second-order valence-electron chi connectivity index (χ2n) is 5.83. The highest BCUT2D eigenvalue weighted by molar-refractivity contribution is 5.82.